The summed E-state index contributed by atoms with van der Waals surface area (Å²) in [6.45, 7) is -0.262. The number of benzene rings is 3. The Hall–Kier alpha value is -4.64. The van der Waals surface area contributed by atoms with Crippen molar-refractivity contribution in [1.82, 2.24) is 9.97 Å². The second-order valence-corrected chi connectivity index (χ2v) is 7.00. The first-order chi connectivity index (χ1) is 16.1. The number of fused-ring (bicyclic) bond motifs is 1. The van der Waals surface area contributed by atoms with E-state index in [0.29, 0.717) is 33.8 Å². The number of imidazole rings is 1. The minimum Gasteiger partial charge on any atom is -0.493 e. The van der Waals surface area contributed by atoms with Crippen LogP contribution in [0, 0.1) is 17.1 Å². The van der Waals surface area contributed by atoms with Gasteiger partial charge in [0.15, 0.2) is 18.1 Å². The van der Waals surface area contributed by atoms with E-state index in [1.54, 1.807) is 36.4 Å². The van der Waals surface area contributed by atoms with Crippen LogP contribution in [0.2, 0.25) is 0 Å². The number of hydrogen-bond acceptors (Lipinski definition) is 5. The number of H-pyrrole nitrogens is 1. The van der Waals surface area contributed by atoms with Crippen molar-refractivity contribution in [2.75, 3.05) is 19.0 Å². The Balaban J connectivity index is 1.62. The fourth-order valence-corrected chi connectivity index (χ4v) is 3.24. The number of nitrogens with zero attached hydrogens (tertiary/aromatic N) is 2. The average molecular weight is 442 g/mol. The van der Waals surface area contributed by atoms with E-state index in [1.165, 1.54) is 25.3 Å². The van der Waals surface area contributed by atoms with Crippen LogP contribution < -0.4 is 14.8 Å². The molecule has 7 nitrogen and oxygen atoms in total. The van der Waals surface area contributed by atoms with Gasteiger partial charge in [0.05, 0.1) is 23.7 Å². The molecule has 8 heteroatoms. The summed E-state index contributed by atoms with van der Waals surface area (Å²) in [5, 5.41) is 12.5. The van der Waals surface area contributed by atoms with Crippen LogP contribution in [-0.4, -0.2) is 29.6 Å². The molecule has 1 aromatic heterocycles. The molecule has 0 bridgehead atoms. The van der Waals surface area contributed by atoms with E-state index in [1.807, 2.05) is 18.2 Å². The van der Waals surface area contributed by atoms with Gasteiger partial charge in [-0.3, -0.25) is 4.79 Å². The Morgan fingerprint density at radius 1 is 1.18 bits per heavy atom. The Morgan fingerprint density at radius 2 is 2.00 bits per heavy atom. The molecule has 0 saturated carbocycles. The standard InChI is InChI=1S/C25H19FN4O3/c1-32-22-9-5-6-16(24(22)33-15-23(31)28-19-7-3-2-4-8-19)12-17(14-27)25-29-20-11-10-18(26)13-21(20)30-25/h2-13H,15H2,1H3,(H,28,31)(H,29,30)/b17-12-. The van der Waals surface area contributed by atoms with E-state index in [-0.39, 0.29) is 23.9 Å². The van der Waals surface area contributed by atoms with Crippen molar-refractivity contribution in [2.45, 2.75) is 0 Å². The summed E-state index contributed by atoms with van der Waals surface area (Å²) in [4.78, 5) is 19.7. The molecule has 0 radical (unpaired) electrons. The number of hydrogen-bond donors (Lipinski definition) is 2. The maximum Gasteiger partial charge on any atom is 0.262 e. The van der Waals surface area contributed by atoms with Gasteiger partial charge in [-0.15, -0.1) is 0 Å². The normalized spacial score (nSPS) is 11.1. The molecule has 1 heterocycles. The van der Waals surface area contributed by atoms with Gasteiger partial charge >= 0.3 is 0 Å². The topological polar surface area (TPSA) is 100 Å². The SMILES string of the molecule is COc1cccc(/C=C(/C#N)c2nc3ccc(F)cc3[nH]2)c1OCC(=O)Nc1ccccc1. The van der Waals surface area contributed by atoms with Crippen LogP contribution in [0.4, 0.5) is 10.1 Å². The molecule has 0 unspecified atom stereocenters. The summed E-state index contributed by atoms with van der Waals surface area (Å²) in [5.74, 6) is 0.242. The van der Waals surface area contributed by atoms with Gasteiger partial charge in [0.1, 0.15) is 17.7 Å². The van der Waals surface area contributed by atoms with Crippen LogP contribution in [-0.2, 0) is 4.79 Å². The molecule has 0 atom stereocenters. The van der Waals surface area contributed by atoms with Crippen molar-refractivity contribution in [1.29, 1.82) is 5.26 Å². The molecule has 0 spiro atoms. The number of carbonyl (C=O) groups is 1. The number of anilines is 1. The predicted molar refractivity (Wildman–Crippen MR) is 123 cm³/mol. The molecule has 0 fully saturated rings. The first kappa shape index (κ1) is 21.6. The summed E-state index contributed by atoms with van der Waals surface area (Å²) >= 11 is 0. The number of nitrogens with one attached hydrogen (secondary N) is 2. The van der Waals surface area contributed by atoms with E-state index < -0.39 is 5.82 Å². The molecular weight excluding hydrogens is 423 g/mol. The van der Waals surface area contributed by atoms with Crippen molar-refractivity contribution in [2.24, 2.45) is 0 Å². The van der Waals surface area contributed by atoms with Crippen LogP contribution in [0.3, 0.4) is 0 Å². The second-order valence-electron chi connectivity index (χ2n) is 7.00. The van der Waals surface area contributed by atoms with Gasteiger partial charge in [0.25, 0.3) is 5.91 Å². The molecule has 4 aromatic rings. The van der Waals surface area contributed by atoms with Crippen LogP contribution in [0.15, 0.2) is 66.7 Å². The van der Waals surface area contributed by atoms with Gasteiger partial charge in [-0.05, 0) is 42.5 Å². The number of para-hydroxylation sites is 2. The predicted octanol–water partition coefficient (Wildman–Crippen LogP) is 4.79. The maximum absolute atomic E-state index is 13.5. The summed E-state index contributed by atoms with van der Waals surface area (Å²) in [7, 11) is 1.48. The number of ether oxygens (including phenoxy) is 2. The van der Waals surface area contributed by atoms with Crippen molar-refractivity contribution >= 4 is 34.3 Å². The number of methoxy groups -OCH3 is 1. The van der Waals surface area contributed by atoms with Crippen molar-refractivity contribution in [3.8, 4) is 17.6 Å². The van der Waals surface area contributed by atoms with Crippen molar-refractivity contribution in [3.05, 3.63) is 83.9 Å². The van der Waals surface area contributed by atoms with Crippen molar-refractivity contribution in [3.63, 3.8) is 0 Å². The number of aromatic nitrogens is 2. The average Bonchev–Trinajstić information content (AvgIpc) is 3.24. The first-order valence-electron chi connectivity index (χ1n) is 9.99. The lowest BCUT2D eigenvalue weighted by atomic mass is 10.1. The summed E-state index contributed by atoms with van der Waals surface area (Å²) < 4.78 is 24.7. The van der Waals surface area contributed by atoms with Gasteiger partial charge in [0, 0.05) is 11.3 Å². The minimum atomic E-state index is -0.405. The zero-order chi connectivity index (χ0) is 23.2. The number of halogens is 1. The highest BCUT2D eigenvalue weighted by atomic mass is 19.1. The molecule has 0 aliphatic heterocycles. The number of nitriles is 1. The fourth-order valence-electron chi connectivity index (χ4n) is 3.24. The van der Waals surface area contributed by atoms with E-state index in [2.05, 4.69) is 21.4 Å². The highest BCUT2D eigenvalue weighted by Gasteiger charge is 2.15. The molecule has 0 saturated heterocycles. The Labute approximate surface area is 189 Å². The zero-order valence-corrected chi connectivity index (χ0v) is 17.6. The number of rotatable bonds is 7. The molecule has 33 heavy (non-hydrogen) atoms. The summed E-state index contributed by atoms with van der Waals surface area (Å²) in [6.07, 6.45) is 1.57. The molecular formula is C25H19FN4O3. The molecule has 164 valence electrons. The van der Waals surface area contributed by atoms with Gasteiger partial charge in [-0.25, -0.2) is 9.37 Å². The van der Waals surface area contributed by atoms with Crippen LogP contribution in [0.1, 0.15) is 11.4 Å². The third kappa shape index (κ3) is 4.99. The van der Waals surface area contributed by atoms with Gasteiger partial charge in [-0.1, -0.05) is 30.3 Å². The van der Waals surface area contributed by atoms with Crippen LogP contribution in [0.25, 0.3) is 22.7 Å². The maximum atomic E-state index is 13.5. The van der Waals surface area contributed by atoms with E-state index in [9.17, 15) is 14.4 Å². The Morgan fingerprint density at radius 3 is 2.76 bits per heavy atom. The highest BCUT2D eigenvalue weighted by Crippen LogP contribution is 2.33. The van der Waals surface area contributed by atoms with E-state index in [0.717, 1.165) is 0 Å². The van der Waals surface area contributed by atoms with Crippen LogP contribution in [0.5, 0.6) is 11.5 Å². The monoisotopic (exact) mass is 442 g/mol. The molecule has 4 rings (SSSR count). The molecule has 2 N–H and O–H groups in total. The lowest BCUT2D eigenvalue weighted by molar-refractivity contribution is -0.118. The Kier molecular flexibility index (Phi) is 6.32. The third-order valence-electron chi connectivity index (χ3n) is 4.75. The minimum absolute atomic E-state index is 0.207. The summed E-state index contributed by atoms with van der Waals surface area (Å²) in [6, 6.07) is 20.4. The Bertz CT molecular complexity index is 1370. The number of aromatic amines is 1. The zero-order valence-electron chi connectivity index (χ0n) is 17.6. The van der Waals surface area contributed by atoms with Gasteiger partial charge in [0.2, 0.25) is 0 Å². The van der Waals surface area contributed by atoms with Gasteiger partial charge in [-0.2, -0.15) is 5.26 Å². The van der Waals surface area contributed by atoms with E-state index >= 15 is 0 Å². The molecule has 3 aromatic carbocycles. The first-order valence-corrected chi connectivity index (χ1v) is 9.99. The molecule has 0 aliphatic carbocycles. The lowest BCUT2D eigenvalue weighted by Gasteiger charge is -2.13. The largest absolute Gasteiger partial charge is 0.493 e. The highest BCUT2D eigenvalue weighted by molar-refractivity contribution is 5.93. The lowest BCUT2D eigenvalue weighted by Crippen LogP contribution is -2.20. The summed E-state index contributed by atoms with van der Waals surface area (Å²) in [5.41, 5.74) is 2.39. The quantitative estimate of drug-likeness (QED) is 0.401. The van der Waals surface area contributed by atoms with Crippen molar-refractivity contribution < 1.29 is 18.7 Å². The fraction of sp³-hybridized carbons (Fsp3) is 0.0800. The van der Waals surface area contributed by atoms with Gasteiger partial charge < -0.3 is 19.8 Å². The smallest absolute Gasteiger partial charge is 0.262 e. The molecule has 0 aliphatic rings. The number of amides is 1. The number of carbonyl (C=O) groups excluding carboxylic acids is 1. The number of allylic oxidation sites excluding steroid dienone is 1. The molecule has 1 amide bonds. The third-order valence-corrected chi connectivity index (χ3v) is 4.75. The second kappa shape index (κ2) is 9.66. The van der Waals surface area contributed by atoms with E-state index in [4.69, 9.17) is 9.47 Å². The van der Waals surface area contributed by atoms with Crippen LogP contribution >= 0.6 is 0 Å².